The number of rotatable bonds is 6. The minimum Gasteiger partial charge on any atom is -0.350 e. The average molecular weight is 368 g/mol. The van der Waals surface area contributed by atoms with Gasteiger partial charge in [0.2, 0.25) is 5.91 Å². The molecule has 25 heavy (non-hydrogen) atoms. The van der Waals surface area contributed by atoms with Crippen molar-refractivity contribution in [1.29, 1.82) is 0 Å². The first-order valence-corrected chi connectivity index (χ1v) is 8.90. The van der Waals surface area contributed by atoms with Crippen LogP contribution in [0.5, 0.6) is 0 Å². The van der Waals surface area contributed by atoms with Crippen LogP contribution in [-0.4, -0.2) is 37.0 Å². The van der Waals surface area contributed by atoms with E-state index in [4.69, 9.17) is 0 Å². The van der Waals surface area contributed by atoms with Crippen LogP contribution in [0.1, 0.15) is 44.0 Å². The second-order valence-corrected chi connectivity index (χ2v) is 6.79. The second-order valence-electron chi connectivity index (χ2n) is 6.79. The van der Waals surface area contributed by atoms with Gasteiger partial charge in [0.05, 0.1) is 0 Å². The predicted molar refractivity (Wildman–Crippen MR) is 103 cm³/mol. The smallest absolute Gasteiger partial charge is 0.251 e. The maximum absolute atomic E-state index is 12.8. The summed E-state index contributed by atoms with van der Waals surface area (Å²) in [6, 6.07) is 8.63. The fourth-order valence-corrected chi connectivity index (χ4v) is 2.97. The molecule has 140 valence electrons. The number of carbonyl (C=O) groups is 2. The Labute approximate surface area is 156 Å². The highest BCUT2D eigenvalue weighted by atomic mass is 35.5. The molecular weight excluding hydrogens is 338 g/mol. The molecule has 4 atom stereocenters. The average Bonchev–Trinajstić information content (AvgIpc) is 2.61. The molecular formula is C19H30ClN3O2. The number of benzene rings is 1. The van der Waals surface area contributed by atoms with E-state index < -0.39 is 6.04 Å². The Morgan fingerprint density at radius 3 is 2.56 bits per heavy atom. The first-order chi connectivity index (χ1) is 11.5. The summed E-state index contributed by atoms with van der Waals surface area (Å²) in [6.45, 7) is 7.97. The molecule has 1 aromatic rings. The highest BCUT2D eigenvalue weighted by Gasteiger charge is 2.30. The van der Waals surface area contributed by atoms with E-state index in [1.54, 1.807) is 12.1 Å². The summed E-state index contributed by atoms with van der Waals surface area (Å²) >= 11 is 0. The summed E-state index contributed by atoms with van der Waals surface area (Å²) in [5, 5.41) is 9.36. The molecule has 1 fully saturated rings. The van der Waals surface area contributed by atoms with Gasteiger partial charge in [-0.05, 0) is 36.9 Å². The number of halogens is 1. The Morgan fingerprint density at radius 2 is 1.96 bits per heavy atom. The predicted octanol–water partition coefficient (Wildman–Crippen LogP) is 2.37. The lowest BCUT2D eigenvalue weighted by Gasteiger charge is -2.32. The zero-order valence-corrected chi connectivity index (χ0v) is 16.1. The molecule has 0 bridgehead atoms. The van der Waals surface area contributed by atoms with Crippen molar-refractivity contribution < 1.29 is 9.59 Å². The monoisotopic (exact) mass is 367 g/mol. The Balaban J connectivity index is 0.00000312. The lowest BCUT2D eigenvalue weighted by atomic mass is 9.93. The van der Waals surface area contributed by atoms with Gasteiger partial charge in [-0.15, -0.1) is 12.4 Å². The molecule has 2 rings (SSSR count). The van der Waals surface area contributed by atoms with Gasteiger partial charge in [-0.3, -0.25) is 9.59 Å². The summed E-state index contributed by atoms with van der Waals surface area (Å²) in [4.78, 5) is 25.2. The summed E-state index contributed by atoms with van der Waals surface area (Å²) in [5.41, 5.74) is 0.575. The first kappa shape index (κ1) is 21.5. The van der Waals surface area contributed by atoms with E-state index in [9.17, 15) is 9.59 Å². The van der Waals surface area contributed by atoms with Crippen molar-refractivity contribution in [1.82, 2.24) is 16.0 Å². The molecule has 0 radical (unpaired) electrons. The molecule has 0 saturated carbocycles. The van der Waals surface area contributed by atoms with Crippen molar-refractivity contribution in [3.05, 3.63) is 35.9 Å². The molecule has 0 aromatic heterocycles. The van der Waals surface area contributed by atoms with Crippen LogP contribution >= 0.6 is 12.4 Å². The molecule has 4 unspecified atom stereocenters. The fraction of sp³-hybridized carbons (Fsp3) is 0.579. The van der Waals surface area contributed by atoms with Crippen LogP contribution in [0.25, 0.3) is 0 Å². The molecule has 1 aromatic carbocycles. The number of amides is 2. The molecule has 0 spiro atoms. The van der Waals surface area contributed by atoms with Crippen molar-refractivity contribution in [2.45, 2.75) is 45.7 Å². The number of hydrogen-bond donors (Lipinski definition) is 3. The van der Waals surface area contributed by atoms with Crippen LogP contribution in [0.3, 0.4) is 0 Å². The second kappa shape index (κ2) is 10.4. The molecule has 5 nitrogen and oxygen atoms in total. The van der Waals surface area contributed by atoms with Crippen LogP contribution < -0.4 is 16.0 Å². The van der Waals surface area contributed by atoms with E-state index in [0.717, 1.165) is 25.9 Å². The van der Waals surface area contributed by atoms with E-state index >= 15 is 0 Å². The Kier molecular flexibility index (Phi) is 8.93. The van der Waals surface area contributed by atoms with Gasteiger partial charge in [0.25, 0.3) is 5.91 Å². The number of nitrogens with one attached hydrogen (secondary N) is 3. The minimum absolute atomic E-state index is 0. The van der Waals surface area contributed by atoms with Crippen LogP contribution in [0.4, 0.5) is 0 Å². The zero-order chi connectivity index (χ0) is 17.5. The molecule has 6 heteroatoms. The zero-order valence-electron chi connectivity index (χ0n) is 15.2. The van der Waals surface area contributed by atoms with Gasteiger partial charge in [-0.2, -0.15) is 0 Å². The Bertz CT molecular complexity index is 553. The summed E-state index contributed by atoms with van der Waals surface area (Å²) < 4.78 is 0. The maximum Gasteiger partial charge on any atom is 0.251 e. The first-order valence-electron chi connectivity index (χ1n) is 8.90. The Hall–Kier alpha value is -1.59. The standard InChI is InChI=1S/C19H29N3O2.ClH/c1-4-13(2)17(22-18(23)15-8-6-5-7-9-15)19(24)21-16-12-20-11-10-14(16)3;/h5-9,13-14,16-17,20H,4,10-12H2,1-3H3,(H,21,24)(H,22,23);1H. The number of piperidine rings is 1. The van der Waals surface area contributed by atoms with E-state index in [1.807, 2.05) is 32.0 Å². The number of hydrogen-bond acceptors (Lipinski definition) is 3. The highest BCUT2D eigenvalue weighted by molar-refractivity contribution is 5.97. The maximum atomic E-state index is 12.8. The van der Waals surface area contributed by atoms with Crippen LogP contribution in [-0.2, 0) is 4.79 Å². The summed E-state index contributed by atoms with van der Waals surface area (Å²) in [5.74, 6) is 0.224. The van der Waals surface area contributed by atoms with Crippen molar-refractivity contribution in [3.8, 4) is 0 Å². The van der Waals surface area contributed by atoms with Gasteiger partial charge in [-0.25, -0.2) is 0 Å². The van der Waals surface area contributed by atoms with Crippen LogP contribution in [0.2, 0.25) is 0 Å². The van der Waals surface area contributed by atoms with Crippen molar-refractivity contribution in [3.63, 3.8) is 0 Å². The minimum atomic E-state index is -0.517. The molecule has 3 N–H and O–H groups in total. The third kappa shape index (κ3) is 6.01. The third-order valence-electron chi connectivity index (χ3n) is 4.97. The van der Waals surface area contributed by atoms with E-state index in [2.05, 4.69) is 22.9 Å². The third-order valence-corrected chi connectivity index (χ3v) is 4.97. The van der Waals surface area contributed by atoms with Gasteiger partial charge in [0.1, 0.15) is 6.04 Å². The number of carbonyl (C=O) groups excluding carboxylic acids is 2. The SMILES string of the molecule is CCC(C)C(NC(=O)c1ccccc1)C(=O)NC1CNCCC1C.Cl. The highest BCUT2D eigenvalue weighted by Crippen LogP contribution is 2.14. The largest absolute Gasteiger partial charge is 0.350 e. The quantitative estimate of drug-likeness (QED) is 0.723. The van der Waals surface area contributed by atoms with Crippen molar-refractivity contribution in [2.24, 2.45) is 11.8 Å². The van der Waals surface area contributed by atoms with Crippen molar-refractivity contribution in [2.75, 3.05) is 13.1 Å². The lowest BCUT2D eigenvalue weighted by Crippen LogP contribution is -2.57. The molecule has 0 aliphatic carbocycles. The molecule has 1 aliphatic heterocycles. The van der Waals surface area contributed by atoms with Crippen LogP contribution in [0, 0.1) is 11.8 Å². The Morgan fingerprint density at radius 1 is 1.28 bits per heavy atom. The molecule has 1 heterocycles. The topological polar surface area (TPSA) is 70.2 Å². The normalized spacial score (nSPS) is 22.2. The van der Waals surface area contributed by atoms with Gasteiger partial charge < -0.3 is 16.0 Å². The fourth-order valence-electron chi connectivity index (χ4n) is 2.97. The van der Waals surface area contributed by atoms with Gasteiger partial charge in [0.15, 0.2) is 0 Å². The van der Waals surface area contributed by atoms with Crippen LogP contribution in [0.15, 0.2) is 30.3 Å². The molecule has 1 saturated heterocycles. The van der Waals surface area contributed by atoms with Gasteiger partial charge in [0, 0.05) is 18.2 Å². The van der Waals surface area contributed by atoms with Gasteiger partial charge >= 0.3 is 0 Å². The van der Waals surface area contributed by atoms with Crippen molar-refractivity contribution >= 4 is 24.2 Å². The summed E-state index contributed by atoms with van der Waals surface area (Å²) in [7, 11) is 0. The lowest BCUT2D eigenvalue weighted by molar-refractivity contribution is -0.125. The van der Waals surface area contributed by atoms with E-state index in [1.165, 1.54) is 0 Å². The molecule has 1 aliphatic rings. The van der Waals surface area contributed by atoms with E-state index in [-0.39, 0.29) is 36.2 Å². The van der Waals surface area contributed by atoms with E-state index in [0.29, 0.717) is 11.5 Å². The summed E-state index contributed by atoms with van der Waals surface area (Å²) in [6.07, 6.45) is 1.88. The molecule has 2 amide bonds. The van der Waals surface area contributed by atoms with Gasteiger partial charge in [-0.1, -0.05) is 45.4 Å².